The number of rotatable bonds is 3. The summed E-state index contributed by atoms with van der Waals surface area (Å²) in [5.41, 5.74) is 1.27. The molecule has 22 heavy (non-hydrogen) atoms. The van der Waals surface area contributed by atoms with Crippen molar-refractivity contribution in [1.29, 1.82) is 0 Å². The van der Waals surface area contributed by atoms with Crippen molar-refractivity contribution >= 4 is 23.7 Å². The number of nitro groups is 1. The van der Waals surface area contributed by atoms with E-state index in [-0.39, 0.29) is 11.4 Å². The predicted molar refractivity (Wildman–Crippen MR) is 77.1 cm³/mol. The van der Waals surface area contributed by atoms with Gasteiger partial charge in [-0.25, -0.2) is 4.79 Å². The quantitative estimate of drug-likeness (QED) is 0.388. The monoisotopic (exact) mass is 298 g/mol. The number of imide groups is 1. The molecule has 110 valence electrons. The van der Waals surface area contributed by atoms with Gasteiger partial charge in [-0.15, -0.1) is 0 Å². The molecule has 3 rings (SSSR count). The number of carbonyl (C=O) groups excluding carboxylic acids is 2. The van der Waals surface area contributed by atoms with Crippen molar-refractivity contribution in [3.63, 3.8) is 0 Å². The molecule has 0 spiro atoms. The molecule has 0 saturated carbocycles. The van der Waals surface area contributed by atoms with Crippen LogP contribution in [0.4, 0.5) is 10.5 Å². The Bertz CT molecular complexity index is 822. The first-order valence-electron chi connectivity index (χ1n) is 6.31. The van der Waals surface area contributed by atoms with Gasteiger partial charge in [-0.2, -0.15) is 0 Å². The number of nitrogens with one attached hydrogen (secondary N) is 2. The molecule has 0 bridgehead atoms. The van der Waals surface area contributed by atoms with Crippen LogP contribution in [-0.4, -0.2) is 21.4 Å². The summed E-state index contributed by atoms with van der Waals surface area (Å²) in [4.78, 5) is 33.0. The van der Waals surface area contributed by atoms with Gasteiger partial charge in [0.1, 0.15) is 5.70 Å². The highest BCUT2D eigenvalue weighted by Gasteiger charge is 2.23. The lowest BCUT2D eigenvalue weighted by molar-refractivity contribution is -0.384. The van der Waals surface area contributed by atoms with Crippen LogP contribution in [-0.2, 0) is 4.79 Å². The van der Waals surface area contributed by atoms with Crippen LogP contribution in [0.15, 0.2) is 48.3 Å². The van der Waals surface area contributed by atoms with Crippen LogP contribution in [0, 0.1) is 10.1 Å². The summed E-state index contributed by atoms with van der Waals surface area (Å²) in [7, 11) is 0. The lowest BCUT2D eigenvalue weighted by atomic mass is 10.2. The molecule has 2 N–H and O–H groups in total. The van der Waals surface area contributed by atoms with Crippen molar-refractivity contribution in [2.45, 2.75) is 0 Å². The van der Waals surface area contributed by atoms with Crippen LogP contribution in [0.5, 0.6) is 0 Å². The summed E-state index contributed by atoms with van der Waals surface area (Å²) in [6.07, 6.45) is 3.21. The van der Waals surface area contributed by atoms with Crippen LogP contribution in [0.2, 0.25) is 0 Å². The normalized spacial score (nSPS) is 15.7. The third-order valence-corrected chi connectivity index (χ3v) is 3.11. The number of nitrogens with zero attached hydrogens (tertiary/aromatic N) is 2. The number of hydrogen-bond donors (Lipinski definition) is 2. The van der Waals surface area contributed by atoms with Gasteiger partial charge >= 0.3 is 6.03 Å². The van der Waals surface area contributed by atoms with Crippen molar-refractivity contribution < 1.29 is 14.5 Å². The van der Waals surface area contributed by atoms with Gasteiger partial charge in [0.2, 0.25) is 0 Å². The van der Waals surface area contributed by atoms with E-state index in [0.29, 0.717) is 11.4 Å². The van der Waals surface area contributed by atoms with E-state index in [1.165, 1.54) is 18.2 Å². The highest BCUT2D eigenvalue weighted by molar-refractivity contribution is 6.13. The predicted octanol–water partition coefficient (Wildman–Crippen LogP) is 1.57. The fourth-order valence-corrected chi connectivity index (χ4v) is 2.13. The minimum atomic E-state index is -0.579. The second-order valence-corrected chi connectivity index (χ2v) is 4.55. The summed E-state index contributed by atoms with van der Waals surface area (Å²) in [6.45, 7) is 0. The van der Waals surface area contributed by atoms with E-state index in [9.17, 15) is 19.7 Å². The van der Waals surface area contributed by atoms with E-state index in [4.69, 9.17) is 0 Å². The summed E-state index contributed by atoms with van der Waals surface area (Å²) in [5, 5.41) is 15.3. The van der Waals surface area contributed by atoms with Crippen LogP contribution in [0.1, 0.15) is 5.69 Å². The Labute approximate surface area is 124 Å². The molecule has 1 aromatic carbocycles. The summed E-state index contributed by atoms with van der Waals surface area (Å²) in [6, 6.07) is 9.00. The van der Waals surface area contributed by atoms with E-state index in [2.05, 4.69) is 10.6 Å². The minimum Gasteiger partial charge on any atom is -0.317 e. The number of hydrogen-bond acceptors (Lipinski definition) is 4. The zero-order valence-electron chi connectivity index (χ0n) is 11.1. The summed E-state index contributed by atoms with van der Waals surface area (Å²) in [5.74, 6) is -0.517. The van der Waals surface area contributed by atoms with Crippen molar-refractivity contribution in [1.82, 2.24) is 15.2 Å². The van der Waals surface area contributed by atoms with Gasteiger partial charge in [0.05, 0.1) is 10.6 Å². The number of benzene rings is 1. The number of non-ortho nitro benzene ring substituents is 1. The summed E-state index contributed by atoms with van der Waals surface area (Å²) < 4.78 is 1.68. The molecule has 1 fully saturated rings. The zero-order valence-corrected chi connectivity index (χ0v) is 11.1. The maximum Gasteiger partial charge on any atom is 0.326 e. The Balaban J connectivity index is 2.01. The second kappa shape index (κ2) is 5.17. The molecule has 1 aliphatic rings. The number of nitro benzene ring substituents is 1. The molecule has 1 saturated heterocycles. The second-order valence-electron chi connectivity index (χ2n) is 4.55. The van der Waals surface area contributed by atoms with Gasteiger partial charge in [0.15, 0.2) is 0 Å². The van der Waals surface area contributed by atoms with Crippen molar-refractivity contribution in [3.05, 3.63) is 64.1 Å². The Kier molecular flexibility index (Phi) is 3.18. The lowest BCUT2D eigenvalue weighted by Crippen LogP contribution is -2.22. The molecule has 2 heterocycles. The molecule has 0 aliphatic carbocycles. The number of carbonyl (C=O) groups is 2. The molecule has 1 aromatic heterocycles. The molecular formula is C14H10N4O4. The summed E-state index contributed by atoms with van der Waals surface area (Å²) >= 11 is 0. The maximum atomic E-state index is 11.5. The average molecular weight is 298 g/mol. The molecule has 1 aliphatic heterocycles. The van der Waals surface area contributed by atoms with E-state index in [0.717, 1.165) is 0 Å². The topological polar surface area (TPSA) is 106 Å². The van der Waals surface area contributed by atoms with Gasteiger partial charge in [-0.1, -0.05) is 6.07 Å². The third-order valence-electron chi connectivity index (χ3n) is 3.11. The SMILES string of the molecule is O=C1NC(=O)/C(=C\c2cccn2-c2cccc([N+](=O)[O-])c2)N1. The van der Waals surface area contributed by atoms with Gasteiger partial charge in [-0.3, -0.25) is 20.2 Å². The number of amides is 3. The highest BCUT2D eigenvalue weighted by atomic mass is 16.6. The fourth-order valence-electron chi connectivity index (χ4n) is 2.13. The van der Waals surface area contributed by atoms with Crippen molar-refractivity contribution in [2.75, 3.05) is 0 Å². The molecule has 0 unspecified atom stereocenters. The van der Waals surface area contributed by atoms with Crippen LogP contribution >= 0.6 is 0 Å². The first kappa shape index (κ1) is 13.6. The van der Waals surface area contributed by atoms with Crippen molar-refractivity contribution in [2.24, 2.45) is 0 Å². The molecule has 3 amide bonds. The zero-order chi connectivity index (χ0) is 15.7. The first-order chi connectivity index (χ1) is 10.5. The minimum absolute atomic E-state index is 0.0308. The largest absolute Gasteiger partial charge is 0.326 e. The average Bonchev–Trinajstić information content (AvgIpc) is 3.06. The smallest absolute Gasteiger partial charge is 0.317 e. The van der Waals surface area contributed by atoms with E-state index >= 15 is 0 Å². The number of urea groups is 1. The van der Waals surface area contributed by atoms with Gasteiger partial charge < -0.3 is 9.88 Å². The van der Waals surface area contributed by atoms with E-state index in [1.54, 1.807) is 35.0 Å². The Morgan fingerprint density at radius 3 is 2.64 bits per heavy atom. The van der Waals surface area contributed by atoms with Gasteiger partial charge in [0, 0.05) is 24.0 Å². The van der Waals surface area contributed by atoms with Crippen LogP contribution < -0.4 is 10.6 Å². The number of aromatic nitrogens is 1. The van der Waals surface area contributed by atoms with Gasteiger partial charge in [0.25, 0.3) is 11.6 Å². The van der Waals surface area contributed by atoms with Crippen molar-refractivity contribution in [3.8, 4) is 5.69 Å². The Morgan fingerprint density at radius 1 is 1.14 bits per heavy atom. The molecule has 8 nitrogen and oxygen atoms in total. The third kappa shape index (κ3) is 2.44. The molecule has 0 radical (unpaired) electrons. The standard InChI is InChI=1S/C14H10N4O4/c19-13-12(15-14(20)16-13)8-10-5-2-6-17(10)9-3-1-4-11(7-9)18(21)22/h1-8H,(H2,15,16,19,20)/b12-8+. The lowest BCUT2D eigenvalue weighted by Gasteiger charge is -2.06. The van der Waals surface area contributed by atoms with Crippen LogP contribution in [0.25, 0.3) is 11.8 Å². The Morgan fingerprint density at radius 2 is 1.95 bits per heavy atom. The Hall–Kier alpha value is -3.42. The fraction of sp³-hybridized carbons (Fsp3) is 0. The van der Waals surface area contributed by atoms with E-state index in [1.807, 2.05) is 0 Å². The maximum absolute atomic E-state index is 11.5. The molecule has 0 atom stereocenters. The van der Waals surface area contributed by atoms with E-state index < -0.39 is 16.9 Å². The molecule has 8 heteroatoms. The molecular weight excluding hydrogens is 288 g/mol. The van der Waals surface area contributed by atoms with Crippen LogP contribution in [0.3, 0.4) is 0 Å². The molecule has 2 aromatic rings. The highest BCUT2D eigenvalue weighted by Crippen LogP contribution is 2.20. The first-order valence-corrected chi connectivity index (χ1v) is 6.31. The van der Waals surface area contributed by atoms with Gasteiger partial charge in [-0.05, 0) is 24.3 Å².